The lowest BCUT2D eigenvalue weighted by Crippen LogP contribution is -1.99. The van der Waals surface area contributed by atoms with E-state index in [0.717, 1.165) is 0 Å². The van der Waals surface area contributed by atoms with Gasteiger partial charge in [-0.15, -0.1) is 0 Å². The van der Waals surface area contributed by atoms with Crippen molar-refractivity contribution in [2.75, 3.05) is 7.11 Å². The number of rotatable bonds is 4. The molecule has 0 saturated heterocycles. The van der Waals surface area contributed by atoms with Crippen molar-refractivity contribution in [2.45, 2.75) is 9.79 Å². The van der Waals surface area contributed by atoms with E-state index in [9.17, 15) is 4.79 Å². The van der Waals surface area contributed by atoms with E-state index in [1.54, 1.807) is 31.4 Å². The minimum Gasteiger partial charge on any atom is -0.497 e. The Kier molecular flexibility index (Phi) is 4.23. The van der Waals surface area contributed by atoms with Gasteiger partial charge in [0.05, 0.1) is 12.7 Å². The predicted octanol–water partition coefficient (Wildman–Crippen LogP) is 2.81. The first kappa shape index (κ1) is 13.9. The van der Waals surface area contributed by atoms with Gasteiger partial charge < -0.3 is 9.84 Å². The maximum Gasteiger partial charge on any atom is 0.354 e. The molecule has 1 N–H and O–H groups in total. The summed E-state index contributed by atoms with van der Waals surface area (Å²) in [6.07, 6.45) is 1.43. The van der Waals surface area contributed by atoms with Crippen molar-refractivity contribution in [3.8, 4) is 11.8 Å². The molecule has 0 spiro atoms. The summed E-state index contributed by atoms with van der Waals surface area (Å²) in [6, 6.07) is 10.4. The smallest absolute Gasteiger partial charge is 0.354 e. The molecule has 1 aromatic heterocycles. The zero-order chi connectivity index (χ0) is 14.5. The van der Waals surface area contributed by atoms with E-state index in [2.05, 4.69) is 11.1 Å². The Morgan fingerprint density at radius 3 is 2.85 bits per heavy atom. The van der Waals surface area contributed by atoms with Crippen LogP contribution in [0.1, 0.15) is 16.1 Å². The molecule has 1 heterocycles. The number of carbonyl (C=O) groups is 1. The van der Waals surface area contributed by atoms with Crippen LogP contribution in [0.15, 0.2) is 46.3 Å². The topological polar surface area (TPSA) is 83.2 Å². The summed E-state index contributed by atoms with van der Waals surface area (Å²) in [4.78, 5) is 16.0. The lowest BCUT2D eigenvalue weighted by Gasteiger charge is -2.07. The average molecular weight is 286 g/mol. The number of carboxylic acid groups (broad SMARTS) is 1. The van der Waals surface area contributed by atoms with E-state index in [1.807, 2.05) is 0 Å². The third kappa shape index (κ3) is 3.08. The van der Waals surface area contributed by atoms with E-state index in [-0.39, 0.29) is 5.69 Å². The Labute approximate surface area is 119 Å². The summed E-state index contributed by atoms with van der Waals surface area (Å²) in [5, 5.41) is 18.0. The molecule has 0 saturated carbocycles. The van der Waals surface area contributed by atoms with Gasteiger partial charge in [0.25, 0.3) is 0 Å². The lowest BCUT2D eigenvalue weighted by molar-refractivity contribution is 0.0690. The highest BCUT2D eigenvalue weighted by atomic mass is 32.2. The van der Waals surface area contributed by atoms with Gasteiger partial charge in [-0.25, -0.2) is 9.78 Å². The van der Waals surface area contributed by atoms with Gasteiger partial charge in [-0.3, -0.25) is 0 Å². The van der Waals surface area contributed by atoms with Crippen LogP contribution in [0.5, 0.6) is 5.75 Å². The SMILES string of the molecule is COc1ccc(C#N)c(Sc2ccnc(C(=O)O)c2)c1. The normalized spacial score (nSPS) is 9.80. The minimum absolute atomic E-state index is 0.0311. The second-order valence-electron chi connectivity index (χ2n) is 3.76. The van der Waals surface area contributed by atoms with Crippen LogP contribution < -0.4 is 4.74 Å². The number of hydrogen-bond donors (Lipinski definition) is 1. The van der Waals surface area contributed by atoms with Crippen molar-refractivity contribution in [1.82, 2.24) is 4.98 Å². The summed E-state index contributed by atoms with van der Waals surface area (Å²) in [5.74, 6) is -0.447. The molecule has 0 aliphatic carbocycles. The van der Waals surface area contributed by atoms with Crippen molar-refractivity contribution in [2.24, 2.45) is 0 Å². The van der Waals surface area contributed by atoms with E-state index in [4.69, 9.17) is 15.1 Å². The molecule has 0 amide bonds. The van der Waals surface area contributed by atoms with Gasteiger partial charge in [-0.05, 0) is 30.3 Å². The van der Waals surface area contributed by atoms with Crippen LogP contribution in [0.3, 0.4) is 0 Å². The monoisotopic (exact) mass is 286 g/mol. The van der Waals surface area contributed by atoms with Gasteiger partial charge in [0, 0.05) is 16.0 Å². The Hall–Kier alpha value is -2.52. The van der Waals surface area contributed by atoms with Crippen LogP contribution in [0.25, 0.3) is 0 Å². The number of hydrogen-bond acceptors (Lipinski definition) is 5. The second-order valence-corrected chi connectivity index (χ2v) is 4.87. The maximum atomic E-state index is 10.9. The van der Waals surface area contributed by atoms with Crippen LogP contribution in [0.2, 0.25) is 0 Å². The Morgan fingerprint density at radius 2 is 2.20 bits per heavy atom. The third-order valence-electron chi connectivity index (χ3n) is 2.49. The summed E-state index contributed by atoms with van der Waals surface area (Å²) in [6.45, 7) is 0. The summed E-state index contributed by atoms with van der Waals surface area (Å²) >= 11 is 1.29. The molecule has 100 valence electrons. The van der Waals surface area contributed by atoms with E-state index in [0.29, 0.717) is 21.1 Å². The Bertz CT molecular complexity index is 695. The predicted molar refractivity (Wildman–Crippen MR) is 73.0 cm³/mol. The molecule has 0 radical (unpaired) electrons. The first-order valence-electron chi connectivity index (χ1n) is 5.59. The molecular formula is C14H10N2O3S. The molecular weight excluding hydrogens is 276 g/mol. The second kappa shape index (κ2) is 6.08. The molecule has 0 aliphatic heterocycles. The van der Waals surface area contributed by atoms with Crippen molar-refractivity contribution in [3.05, 3.63) is 47.8 Å². The average Bonchev–Trinajstić information content (AvgIpc) is 2.47. The number of pyridine rings is 1. The molecule has 0 unspecified atom stereocenters. The van der Waals surface area contributed by atoms with Gasteiger partial charge in [0.15, 0.2) is 0 Å². The van der Waals surface area contributed by atoms with Crippen molar-refractivity contribution in [3.63, 3.8) is 0 Å². The highest BCUT2D eigenvalue weighted by Crippen LogP contribution is 2.32. The molecule has 0 aliphatic rings. The number of aromatic carboxylic acids is 1. The number of benzene rings is 1. The fourth-order valence-electron chi connectivity index (χ4n) is 1.53. The number of aromatic nitrogens is 1. The van der Waals surface area contributed by atoms with Crippen LogP contribution in [-0.2, 0) is 0 Å². The number of nitriles is 1. The minimum atomic E-state index is -1.08. The quantitative estimate of drug-likeness (QED) is 0.930. The Morgan fingerprint density at radius 1 is 1.40 bits per heavy atom. The van der Waals surface area contributed by atoms with Gasteiger partial charge in [0.1, 0.15) is 17.5 Å². The molecule has 2 aromatic rings. The van der Waals surface area contributed by atoms with Gasteiger partial charge in [0.2, 0.25) is 0 Å². The van der Waals surface area contributed by atoms with Crippen molar-refractivity contribution >= 4 is 17.7 Å². The standard InChI is InChI=1S/C14H10N2O3S/c1-19-10-3-2-9(8-15)13(6-10)20-11-4-5-16-12(7-11)14(17)18/h2-7H,1H3,(H,17,18). The van der Waals surface area contributed by atoms with Gasteiger partial charge in [-0.1, -0.05) is 11.8 Å². The van der Waals surface area contributed by atoms with Crippen LogP contribution in [-0.4, -0.2) is 23.2 Å². The van der Waals surface area contributed by atoms with Gasteiger partial charge >= 0.3 is 5.97 Å². The number of methoxy groups -OCH3 is 1. The molecule has 0 fully saturated rings. The number of nitrogens with zero attached hydrogens (tertiary/aromatic N) is 2. The summed E-state index contributed by atoms with van der Waals surface area (Å²) in [7, 11) is 1.55. The van der Waals surface area contributed by atoms with Crippen molar-refractivity contribution < 1.29 is 14.6 Å². The Balaban J connectivity index is 2.36. The van der Waals surface area contributed by atoms with E-state index < -0.39 is 5.97 Å². The summed E-state index contributed by atoms with van der Waals surface area (Å²) < 4.78 is 5.12. The molecule has 1 aromatic carbocycles. The number of carboxylic acids is 1. The highest BCUT2D eigenvalue weighted by Gasteiger charge is 2.09. The zero-order valence-corrected chi connectivity index (χ0v) is 11.3. The molecule has 20 heavy (non-hydrogen) atoms. The number of ether oxygens (including phenoxy) is 1. The highest BCUT2D eigenvalue weighted by molar-refractivity contribution is 7.99. The first-order valence-corrected chi connectivity index (χ1v) is 6.41. The van der Waals surface area contributed by atoms with Crippen LogP contribution in [0.4, 0.5) is 0 Å². The van der Waals surface area contributed by atoms with E-state index in [1.165, 1.54) is 24.0 Å². The third-order valence-corrected chi connectivity index (χ3v) is 3.53. The largest absolute Gasteiger partial charge is 0.497 e. The van der Waals surface area contributed by atoms with Crippen LogP contribution in [0, 0.1) is 11.3 Å². The zero-order valence-electron chi connectivity index (χ0n) is 10.5. The maximum absolute atomic E-state index is 10.9. The fourth-order valence-corrected chi connectivity index (χ4v) is 2.48. The van der Waals surface area contributed by atoms with Crippen molar-refractivity contribution in [1.29, 1.82) is 5.26 Å². The molecule has 0 bridgehead atoms. The van der Waals surface area contributed by atoms with Crippen LogP contribution >= 0.6 is 11.8 Å². The summed E-state index contributed by atoms with van der Waals surface area (Å²) in [5.41, 5.74) is 0.473. The molecule has 2 rings (SSSR count). The van der Waals surface area contributed by atoms with E-state index >= 15 is 0 Å². The first-order chi connectivity index (χ1) is 9.63. The lowest BCUT2D eigenvalue weighted by atomic mass is 10.2. The fraction of sp³-hybridized carbons (Fsp3) is 0.0714. The van der Waals surface area contributed by atoms with Gasteiger partial charge in [-0.2, -0.15) is 5.26 Å². The molecule has 5 nitrogen and oxygen atoms in total. The molecule has 6 heteroatoms. The molecule has 0 atom stereocenters.